The van der Waals surface area contributed by atoms with E-state index in [9.17, 15) is 4.79 Å². The molecular weight excluding hydrogens is 176 g/mol. The number of carbonyl (C=O) groups is 1. The van der Waals surface area contributed by atoms with Crippen LogP contribution in [0.4, 0.5) is 0 Å². The van der Waals surface area contributed by atoms with Crippen molar-refractivity contribution in [3.63, 3.8) is 0 Å². The molecule has 0 radical (unpaired) electrons. The number of amides is 1. The molecule has 0 bridgehead atoms. The highest BCUT2D eigenvalue weighted by Gasteiger charge is 2.24. The maximum atomic E-state index is 11.7. The number of carbonyl (C=O) groups excluding carboxylic acids is 1. The molecule has 0 aromatic rings. The molecule has 1 aliphatic heterocycles. The lowest BCUT2D eigenvalue weighted by molar-refractivity contribution is -0.124. The van der Waals surface area contributed by atoms with Gasteiger partial charge >= 0.3 is 0 Å². The first-order chi connectivity index (χ1) is 6.63. The molecule has 1 amide bonds. The summed E-state index contributed by atoms with van der Waals surface area (Å²) in [7, 11) is 0. The molecule has 3 unspecified atom stereocenters. The van der Waals surface area contributed by atoms with Gasteiger partial charge in [0.2, 0.25) is 5.91 Å². The Kier molecular flexibility index (Phi) is 4.14. The summed E-state index contributed by atoms with van der Waals surface area (Å²) < 4.78 is 0. The molecule has 1 heterocycles. The van der Waals surface area contributed by atoms with Gasteiger partial charge in [0.25, 0.3) is 0 Å². The van der Waals surface area contributed by atoms with Crippen molar-refractivity contribution in [2.75, 3.05) is 6.54 Å². The van der Waals surface area contributed by atoms with Crippen molar-refractivity contribution in [3.05, 3.63) is 12.7 Å². The second-order valence-corrected chi connectivity index (χ2v) is 4.17. The maximum absolute atomic E-state index is 11.7. The van der Waals surface area contributed by atoms with E-state index in [0.29, 0.717) is 5.92 Å². The average Bonchev–Trinajstić information content (AvgIpc) is 2.17. The van der Waals surface area contributed by atoms with Gasteiger partial charge in [-0.1, -0.05) is 13.0 Å². The molecule has 1 rings (SSSR count). The van der Waals surface area contributed by atoms with E-state index in [2.05, 4.69) is 24.1 Å². The zero-order chi connectivity index (χ0) is 10.6. The largest absolute Gasteiger partial charge is 0.349 e. The topological polar surface area (TPSA) is 41.1 Å². The van der Waals surface area contributed by atoms with Gasteiger partial charge in [0, 0.05) is 6.04 Å². The summed E-state index contributed by atoms with van der Waals surface area (Å²) in [5, 5.41) is 6.13. The summed E-state index contributed by atoms with van der Waals surface area (Å²) in [6, 6.07) is 0.0442. The monoisotopic (exact) mass is 196 g/mol. The summed E-state index contributed by atoms with van der Waals surface area (Å²) in [5.41, 5.74) is 0. The van der Waals surface area contributed by atoms with Gasteiger partial charge in [-0.05, 0) is 32.2 Å². The lowest BCUT2D eigenvalue weighted by Gasteiger charge is -2.27. The van der Waals surface area contributed by atoms with E-state index in [1.54, 1.807) is 6.08 Å². The van der Waals surface area contributed by atoms with Crippen LogP contribution in [-0.2, 0) is 4.79 Å². The highest BCUT2D eigenvalue weighted by molar-refractivity contribution is 5.82. The normalized spacial score (nSPS) is 29.3. The van der Waals surface area contributed by atoms with Crippen molar-refractivity contribution in [2.24, 2.45) is 5.92 Å². The third-order valence-electron chi connectivity index (χ3n) is 2.71. The lowest BCUT2D eigenvalue weighted by atomic mass is 9.94. The third kappa shape index (κ3) is 3.14. The predicted octanol–water partition coefficient (Wildman–Crippen LogP) is 1.07. The third-order valence-corrected chi connectivity index (χ3v) is 2.71. The highest BCUT2D eigenvalue weighted by Crippen LogP contribution is 2.14. The number of hydrogen-bond donors (Lipinski definition) is 2. The highest BCUT2D eigenvalue weighted by atomic mass is 16.2. The number of rotatable bonds is 3. The van der Waals surface area contributed by atoms with E-state index in [-0.39, 0.29) is 18.0 Å². The first kappa shape index (κ1) is 11.2. The van der Waals surface area contributed by atoms with Gasteiger partial charge in [-0.2, -0.15) is 0 Å². The van der Waals surface area contributed by atoms with E-state index < -0.39 is 0 Å². The van der Waals surface area contributed by atoms with Crippen molar-refractivity contribution in [2.45, 2.75) is 38.8 Å². The Morgan fingerprint density at radius 1 is 1.71 bits per heavy atom. The zero-order valence-corrected chi connectivity index (χ0v) is 9.05. The molecule has 3 heteroatoms. The molecule has 0 aromatic heterocycles. The van der Waals surface area contributed by atoms with Gasteiger partial charge in [0.15, 0.2) is 0 Å². The lowest BCUT2D eigenvalue weighted by Crippen LogP contribution is -2.50. The van der Waals surface area contributed by atoms with Crippen LogP contribution in [0.15, 0.2) is 12.7 Å². The Balaban J connectivity index is 2.39. The number of hydrogen-bond acceptors (Lipinski definition) is 2. The molecular formula is C11H20N2O. The van der Waals surface area contributed by atoms with Gasteiger partial charge in [0.05, 0.1) is 6.04 Å². The van der Waals surface area contributed by atoms with Gasteiger partial charge in [0.1, 0.15) is 0 Å². The quantitative estimate of drug-likeness (QED) is 0.663. The second-order valence-electron chi connectivity index (χ2n) is 4.17. The SMILES string of the molecule is C=CC(C)NC(=O)C1CC(C)CCN1. The van der Waals surface area contributed by atoms with Crippen LogP contribution in [0.2, 0.25) is 0 Å². The fraction of sp³-hybridized carbons (Fsp3) is 0.727. The molecule has 3 nitrogen and oxygen atoms in total. The molecule has 1 fully saturated rings. The molecule has 0 spiro atoms. The smallest absolute Gasteiger partial charge is 0.237 e. The van der Waals surface area contributed by atoms with Crippen LogP contribution in [0.25, 0.3) is 0 Å². The van der Waals surface area contributed by atoms with Gasteiger partial charge in [-0.15, -0.1) is 6.58 Å². The Hall–Kier alpha value is -0.830. The van der Waals surface area contributed by atoms with Crippen LogP contribution >= 0.6 is 0 Å². The Morgan fingerprint density at radius 3 is 3.00 bits per heavy atom. The molecule has 0 saturated carbocycles. The van der Waals surface area contributed by atoms with E-state index in [1.807, 2.05) is 6.92 Å². The van der Waals surface area contributed by atoms with E-state index in [4.69, 9.17) is 0 Å². The average molecular weight is 196 g/mol. The molecule has 80 valence electrons. The minimum atomic E-state index is -0.0128. The first-order valence-electron chi connectivity index (χ1n) is 5.29. The summed E-state index contributed by atoms with van der Waals surface area (Å²) in [6.45, 7) is 8.71. The van der Waals surface area contributed by atoms with Crippen molar-refractivity contribution in [1.82, 2.24) is 10.6 Å². The van der Waals surface area contributed by atoms with Gasteiger partial charge in [-0.25, -0.2) is 0 Å². The van der Waals surface area contributed by atoms with E-state index in [0.717, 1.165) is 13.0 Å². The van der Waals surface area contributed by atoms with Gasteiger partial charge < -0.3 is 10.6 Å². The van der Waals surface area contributed by atoms with Crippen LogP contribution in [0.3, 0.4) is 0 Å². The molecule has 1 saturated heterocycles. The summed E-state index contributed by atoms with van der Waals surface area (Å²) in [5.74, 6) is 0.745. The van der Waals surface area contributed by atoms with E-state index >= 15 is 0 Å². The van der Waals surface area contributed by atoms with Crippen LogP contribution < -0.4 is 10.6 Å². The molecule has 1 aliphatic rings. The van der Waals surface area contributed by atoms with Crippen molar-refractivity contribution in [3.8, 4) is 0 Å². The zero-order valence-electron chi connectivity index (χ0n) is 9.05. The first-order valence-corrected chi connectivity index (χ1v) is 5.29. The maximum Gasteiger partial charge on any atom is 0.237 e. The van der Waals surface area contributed by atoms with Gasteiger partial charge in [-0.3, -0.25) is 4.79 Å². The molecule has 0 aromatic carbocycles. The van der Waals surface area contributed by atoms with Crippen molar-refractivity contribution >= 4 is 5.91 Å². The fourth-order valence-corrected chi connectivity index (χ4v) is 1.69. The predicted molar refractivity (Wildman–Crippen MR) is 58.0 cm³/mol. The molecule has 14 heavy (non-hydrogen) atoms. The standard InChI is InChI=1S/C11H20N2O/c1-4-9(3)13-11(14)10-7-8(2)5-6-12-10/h4,8-10,12H,1,5-7H2,2-3H3,(H,13,14). The van der Waals surface area contributed by atoms with Crippen LogP contribution in [-0.4, -0.2) is 24.5 Å². The van der Waals surface area contributed by atoms with Crippen LogP contribution in [0.1, 0.15) is 26.7 Å². The number of nitrogens with one attached hydrogen (secondary N) is 2. The molecule has 0 aliphatic carbocycles. The fourth-order valence-electron chi connectivity index (χ4n) is 1.69. The number of piperidine rings is 1. The Labute approximate surface area is 86.0 Å². The summed E-state index contributed by atoms with van der Waals surface area (Å²) >= 11 is 0. The molecule has 2 N–H and O–H groups in total. The summed E-state index contributed by atoms with van der Waals surface area (Å²) in [6.07, 6.45) is 3.85. The Morgan fingerprint density at radius 2 is 2.43 bits per heavy atom. The second kappa shape index (κ2) is 5.15. The van der Waals surface area contributed by atoms with Crippen LogP contribution in [0, 0.1) is 5.92 Å². The minimum absolute atomic E-state index is 0.0128. The molecule has 3 atom stereocenters. The minimum Gasteiger partial charge on any atom is -0.349 e. The van der Waals surface area contributed by atoms with Crippen molar-refractivity contribution in [1.29, 1.82) is 0 Å². The summed E-state index contributed by atoms with van der Waals surface area (Å²) in [4.78, 5) is 11.7. The van der Waals surface area contributed by atoms with Crippen molar-refractivity contribution < 1.29 is 4.79 Å². The van der Waals surface area contributed by atoms with Crippen LogP contribution in [0.5, 0.6) is 0 Å². The Bertz CT molecular complexity index is 215. The van der Waals surface area contributed by atoms with E-state index in [1.165, 1.54) is 6.42 Å².